The number of aliphatic hydroxyl groups is 2. The van der Waals surface area contributed by atoms with Crippen molar-refractivity contribution in [2.45, 2.75) is 70.1 Å². The maximum absolute atomic E-state index is 13.2. The van der Waals surface area contributed by atoms with Crippen LogP contribution in [0.25, 0.3) is 0 Å². The summed E-state index contributed by atoms with van der Waals surface area (Å²) >= 11 is 3.66. The van der Waals surface area contributed by atoms with Crippen LogP contribution in [0.3, 0.4) is 0 Å². The summed E-state index contributed by atoms with van der Waals surface area (Å²) in [6.45, 7) is 1.15. The molecule has 2 N–H and O–H groups in total. The summed E-state index contributed by atoms with van der Waals surface area (Å²) < 4.78 is 6.79. The third-order valence-corrected chi connectivity index (χ3v) is 9.99. The lowest BCUT2D eigenvalue weighted by Gasteiger charge is -2.23. The molecule has 0 saturated heterocycles. The first-order chi connectivity index (χ1) is 19.0. The molecule has 3 fully saturated rings. The topological polar surface area (TPSA) is 70.0 Å². The summed E-state index contributed by atoms with van der Waals surface area (Å²) in [5.74, 6) is 1.93. The van der Waals surface area contributed by atoms with Gasteiger partial charge in [-0.2, -0.15) is 0 Å². The van der Waals surface area contributed by atoms with Crippen LogP contribution in [0, 0.1) is 29.6 Å². The lowest BCUT2D eigenvalue weighted by Crippen LogP contribution is -2.33. The molecule has 1 amide bonds. The van der Waals surface area contributed by atoms with Crippen molar-refractivity contribution in [3.05, 3.63) is 76.8 Å². The standard InChI is InChI=1S/C33H42BrNO4/c34-30(33(38)25-11-7-8-12-25)20-29-28-18-24(17-26(28)19-31(29)36)15-16-39-22-32(37)35(27-13-5-2-6-14-27)21-23-9-3-1-4-10-23/h1-6,9-10,13-14,20,24-26,28-29,31,33,36,38H,7-8,11-12,15-19,21-22H2/t24?,26-,28+,29+,31-,33?/m0/s1. The molecule has 0 radical (unpaired) electrons. The van der Waals surface area contributed by atoms with Crippen LogP contribution in [0.4, 0.5) is 5.69 Å². The zero-order chi connectivity index (χ0) is 27.2. The lowest BCUT2D eigenvalue weighted by atomic mass is 9.88. The fourth-order valence-electron chi connectivity index (χ4n) is 7.21. The Hall–Kier alpha value is -1.99. The van der Waals surface area contributed by atoms with Crippen LogP contribution in [-0.2, 0) is 16.1 Å². The molecule has 0 heterocycles. The Balaban J connectivity index is 1.11. The van der Waals surface area contributed by atoms with Gasteiger partial charge in [0.25, 0.3) is 5.91 Å². The second-order valence-corrected chi connectivity index (χ2v) is 12.7. The van der Waals surface area contributed by atoms with Crippen molar-refractivity contribution >= 4 is 27.5 Å². The van der Waals surface area contributed by atoms with E-state index in [1.807, 2.05) is 60.7 Å². The molecule has 3 aliphatic carbocycles. The maximum atomic E-state index is 13.2. The number of para-hydroxylation sites is 1. The van der Waals surface area contributed by atoms with Crippen LogP contribution in [-0.4, -0.2) is 41.5 Å². The fraction of sp³-hybridized carbons (Fsp3) is 0.545. The van der Waals surface area contributed by atoms with Gasteiger partial charge in [-0.05, 0) is 79.9 Å². The Morgan fingerprint density at radius 1 is 1.03 bits per heavy atom. The van der Waals surface area contributed by atoms with E-state index in [-0.39, 0.29) is 24.5 Å². The summed E-state index contributed by atoms with van der Waals surface area (Å²) in [4.78, 5) is 15.0. The van der Waals surface area contributed by atoms with Crippen molar-refractivity contribution in [1.29, 1.82) is 0 Å². The van der Waals surface area contributed by atoms with Crippen molar-refractivity contribution in [3.8, 4) is 0 Å². The van der Waals surface area contributed by atoms with Gasteiger partial charge in [-0.3, -0.25) is 4.79 Å². The second-order valence-electron chi connectivity index (χ2n) is 11.8. The number of carbonyl (C=O) groups is 1. The van der Waals surface area contributed by atoms with Gasteiger partial charge in [0, 0.05) is 22.7 Å². The van der Waals surface area contributed by atoms with Crippen LogP contribution < -0.4 is 4.90 Å². The summed E-state index contributed by atoms with van der Waals surface area (Å²) in [6, 6.07) is 19.8. The van der Waals surface area contributed by atoms with Gasteiger partial charge in [0.15, 0.2) is 0 Å². The van der Waals surface area contributed by atoms with E-state index in [2.05, 4.69) is 22.0 Å². The number of anilines is 1. The molecule has 2 unspecified atom stereocenters. The highest BCUT2D eigenvalue weighted by atomic mass is 79.9. The minimum atomic E-state index is -0.445. The lowest BCUT2D eigenvalue weighted by molar-refractivity contribution is -0.123. The zero-order valence-corrected chi connectivity index (χ0v) is 24.3. The van der Waals surface area contributed by atoms with Crippen LogP contribution >= 0.6 is 15.9 Å². The smallest absolute Gasteiger partial charge is 0.253 e. The molecular formula is C33H42BrNO4. The van der Waals surface area contributed by atoms with Gasteiger partial charge in [-0.15, -0.1) is 0 Å². The molecule has 5 nitrogen and oxygen atoms in total. The molecule has 210 valence electrons. The quantitative estimate of drug-likeness (QED) is 0.292. The maximum Gasteiger partial charge on any atom is 0.253 e. The van der Waals surface area contributed by atoms with Gasteiger partial charge in [0.2, 0.25) is 0 Å². The average Bonchev–Trinajstić information content (AvgIpc) is 3.69. The van der Waals surface area contributed by atoms with Gasteiger partial charge in [-0.1, -0.05) is 83.4 Å². The third-order valence-electron chi connectivity index (χ3n) is 9.26. The highest BCUT2D eigenvalue weighted by Crippen LogP contribution is 2.52. The number of fused-ring (bicyclic) bond motifs is 1. The molecule has 3 saturated carbocycles. The molecule has 6 heteroatoms. The van der Waals surface area contributed by atoms with Gasteiger partial charge >= 0.3 is 0 Å². The Labute approximate surface area is 241 Å². The number of rotatable bonds is 11. The number of ether oxygens (including phenoxy) is 1. The molecule has 0 bridgehead atoms. The van der Waals surface area contributed by atoms with Crippen LogP contribution in [0.1, 0.15) is 56.9 Å². The Kier molecular flexibility index (Phi) is 9.94. The number of amides is 1. The molecule has 0 aliphatic heterocycles. The molecule has 6 atom stereocenters. The van der Waals surface area contributed by atoms with E-state index in [1.54, 1.807) is 4.90 Å². The molecular weight excluding hydrogens is 554 g/mol. The molecule has 39 heavy (non-hydrogen) atoms. The number of hydrogen-bond acceptors (Lipinski definition) is 4. The average molecular weight is 597 g/mol. The monoisotopic (exact) mass is 595 g/mol. The van der Waals surface area contributed by atoms with E-state index >= 15 is 0 Å². The number of aliphatic hydroxyl groups excluding tert-OH is 2. The first-order valence-corrected chi connectivity index (χ1v) is 15.5. The molecule has 2 aromatic rings. The van der Waals surface area contributed by atoms with E-state index in [0.717, 1.165) is 54.3 Å². The molecule has 5 rings (SSSR count). The zero-order valence-electron chi connectivity index (χ0n) is 22.7. The summed E-state index contributed by atoms with van der Waals surface area (Å²) in [5.41, 5.74) is 1.96. The first kappa shape index (κ1) is 28.5. The van der Waals surface area contributed by atoms with E-state index in [9.17, 15) is 15.0 Å². The van der Waals surface area contributed by atoms with E-state index in [1.165, 1.54) is 12.8 Å². The first-order valence-electron chi connectivity index (χ1n) is 14.7. The number of hydrogen-bond donors (Lipinski definition) is 2. The van der Waals surface area contributed by atoms with Crippen LogP contribution in [0.2, 0.25) is 0 Å². The SMILES string of the molecule is O=C(COCCC1C[C@H]2C[C@H](O)[C@H](C=C(Br)C(O)C3CCCC3)[C@@H]2C1)N(Cc1ccccc1)c1ccccc1. The van der Waals surface area contributed by atoms with Gasteiger partial charge in [0.05, 0.1) is 18.8 Å². The fourth-order valence-corrected chi connectivity index (χ4v) is 7.89. The predicted octanol–water partition coefficient (Wildman–Crippen LogP) is 6.48. The normalized spacial score (nSPS) is 28.0. The highest BCUT2D eigenvalue weighted by molar-refractivity contribution is 9.11. The Morgan fingerprint density at radius 2 is 1.72 bits per heavy atom. The molecule has 0 aromatic heterocycles. The predicted molar refractivity (Wildman–Crippen MR) is 158 cm³/mol. The van der Waals surface area contributed by atoms with Crippen molar-refractivity contribution in [2.24, 2.45) is 29.6 Å². The van der Waals surface area contributed by atoms with Crippen LogP contribution in [0.5, 0.6) is 0 Å². The largest absolute Gasteiger partial charge is 0.392 e. The highest BCUT2D eigenvalue weighted by Gasteiger charge is 2.47. The van der Waals surface area contributed by atoms with E-state index in [0.29, 0.717) is 36.8 Å². The van der Waals surface area contributed by atoms with Crippen LogP contribution in [0.15, 0.2) is 71.2 Å². The molecule has 2 aromatic carbocycles. The van der Waals surface area contributed by atoms with E-state index in [4.69, 9.17) is 4.74 Å². The summed E-state index contributed by atoms with van der Waals surface area (Å²) in [6.07, 6.45) is 9.88. The van der Waals surface area contributed by atoms with Crippen molar-refractivity contribution in [2.75, 3.05) is 18.1 Å². The van der Waals surface area contributed by atoms with E-state index < -0.39 is 6.10 Å². The van der Waals surface area contributed by atoms with Gasteiger partial charge in [0.1, 0.15) is 6.61 Å². The van der Waals surface area contributed by atoms with Gasteiger partial charge in [-0.25, -0.2) is 0 Å². The van der Waals surface area contributed by atoms with Gasteiger partial charge < -0.3 is 19.8 Å². The minimum Gasteiger partial charge on any atom is -0.392 e. The minimum absolute atomic E-state index is 0.0349. The third kappa shape index (κ3) is 7.21. The van der Waals surface area contributed by atoms with Crippen molar-refractivity contribution < 1.29 is 19.7 Å². The summed E-state index contributed by atoms with van der Waals surface area (Å²) in [5, 5.41) is 21.6. The number of carbonyl (C=O) groups excluding carboxylic acids is 1. The summed E-state index contributed by atoms with van der Waals surface area (Å²) in [7, 11) is 0. The molecule has 3 aliphatic rings. The van der Waals surface area contributed by atoms with Crippen molar-refractivity contribution in [3.63, 3.8) is 0 Å². The Morgan fingerprint density at radius 3 is 2.44 bits per heavy atom. The number of nitrogens with zero attached hydrogens (tertiary/aromatic N) is 1. The Bertz CT molecular complexity index is 1090. The number of halogens is 1. The molecule has 0 spiro atoms. The number of benzene rings is 2. The second kappa shape index (κ2) is 13.6. The van der Waals surface area contributed by atoms with Crippen molar-refractivity contribution in [1.82, 2.24) is 0 Å².